The highest BCUT2D eigenvalue weighted by molar-refractivity contribution is 7.99. The molecule has 9 heteroatoms. The lowest BCUT2D eigenvalue weighted by Crippen LogP contribution is -2.28. The number of aryl methyl sites for hydroxylation is 1. The monoisotopic (exact) mass is 428 g/mol. The molecule has 150 valence electrons. The largest absolute Gasteiger partial charge is 0.463 e. The van der Waals surface area contributed by atoms with Gasteiger partial charge in [0.25, 0.3) is 11.5 Å². The van der Waals surface area contributed by atoms with Crippen LogP contribution in [0.25, 0.3) is 0 Å². The minimum absolute atomic E-state index is 0.134. The standard InChI is InChI=1S/C20H20N4O3S2/c1-2-5-13-10-18(25)22-20(21-13)29-12-19(26)24-15(17-7-4-9-28-17)11-14(23-24)16-6-3-8-27-16/h3-4,6-10,15H,2,5,11-12H2,1H3,(H,21,22,25)/t15-/m1/s1. The number of aromatic nitrogens is 2. The molecule has 1 atom stereocenters. The zero-order valence-corrected chi connectivity index (χ0v) is 17.5. The van der Waals surface area contributed by atoms with Crippen LogP contribution in [0.4, 0.5) is 0 Å². The Morgan fingerprint density at radius 3 is 3.03 bits per heavy atom. The molecule has 0 aromatic carbocycles. The summed E-state index contributed by atoms with van der Waals surface area (Å²) >= 11 is 2.82. The Morgan fingerprint density at radius 2 is 2.31 bits per heavy atom. The zero-order valence-electron chi connectivity index (χ0n) is 15.8. The SMILES string of the molecule is CCCc1cc(=O)[nH]c(SCC(=O)N2N=C(c3ccco3)C[C@@H]2c2cccs2)n1. The molecule has 1 aliphatic rings. The Morgan fingerprint density at radius 1 is 1.41 bits per heavy atom. The number of thioether (sulfide) groups is 1. The van der Waals surface area contributed by atoms with Crippen molar-refractivity contribution in [3.05, 3.63) is 68.7 Å². The lowest BCUT2D eigenvalue weighted by Gasteiger charge is -2.20. The maximum Gasteiger partial charge on any atom is 0.253 e. The number of carbonyl (C=O) groups excluding carboxylic acids is 1. The van der Waals surface area contributed by atoms with Crippen LogP contribution in [0.3, 0.4) is 0 Å². The van der Waals surface area contributed by atoms with Gasteiger partial charge in [-0.1, -0.05) is 31.2 Å². The van der Waals surface area contributed by atoms with Crippen LogP contribution in [-0.2, 0) is 11.2 Å². The zero-order chi connectivity index (χ0) is 20.2. The molecule has 3 aromatic heterocycles. The number of nitrogens with zero attached hydrogens (tertiary/aromatic N) is 3. The molecule has 0 bridgehead atoms. The summed E-state index contributed by atoms with van der Waals surface area (Å²) in [5.41, 5.74) is 1.29. The highest BCUT2D eigenvalue weighted by Crippen LogP contribution is 2.35. The van der Waals surface area contributed by atoms with Crippen molar-refractivity contribution in [1.82, 2.24) is 15.0 Å². The molecule has 0 spiro atoms. The van der Waals surface area contributed by atoms with Gasteiger partial charge in [-0.2, -0.15) is 5.10 Å². The Balaban J connectivity index is 1.52. The summed E-state index contributed by atoms with van der Waals surface area (Å²) in [6.07, 6.45) is 3.84. The van der Waals surface area contributed by atoms with Crippen molar-refractivity contribution in [2.75, 3.05) is 5.75 Å². The van der Waals surface area contributed by atoms with Crippen molar-refractivity contribution in [2.24, 2.45) is 5.10 Å². The van der Waals surface area contributed by atoms with Gasteiger partial charge in [0, 0.05) is 23.1 Å². The van der Waals surface area contributed by atoms with E-state index < -0.39 is 0 Å². The number of hydrazone groups is 1. The van der Waals surface area contributed by atoms with Gasteiger partial charge in [-0.25, -0.2) is 9.99 Å². The van der Waals surface area contributed by atoms with Crippen molar-refractivity contribution < 1.29 is 9.21 Å². The average molecular weight is 429 g/mol. The topological polar surface area (TPSA) is 91.6 Å². The van der Waals surface area contributed by atoms with Crippen LogP contribution in [0.2, 0.25) is 0 Å². The van der Waals surface area contributed by atoms with Gasteiger partial charge >= 0.3 is 0 Å². The lowest BCUT2D eigenvalue weighted by molar-refractivity contribution is -0.130. The highest BCUT2D eigenvalue weighted by atomic mass is 32.2. The van der Waals surface area contributed by atoms with Gasteiger partial charge in [0.05, 0.1) is 18.1 Å². The molecule has 1 amide bonds. The van der Waals surface area contributed by atoms with Gasteiger partial charge in [0.15, 0.2) is 5.16 Å². The fraction of sp³-hybridized carbons (Fsp3) is 0.300. The fourth-order valence-corrected chi connectivity index (χ4v) is 4.73. The number of hydrogen-bond acceptors (Lipinski definition) is 7. The summed E-state index contributed by atoms with van der Waals surface area (Å²) in [6.45, 7) is 2.03. The van der Waals surface area contributed by atoms with Crippen molar-refractivity contribution in [1.29, 1.82) is 0 Å². The first-order valence-electron chi connectivity index (χ1n) is 9.34. The number of nitrogens with one attached hydrogen (secondary N) is 1. The molecular formula is C20H20N4O3S2. The molecule has 1 aliphatic heterocycles. The molecule has 0 aliphatic carbocycles. The smallest absolute Gasteiger partial charge is 0.253 e. The van der Waals surface area contributed by atoms with E-state index in [1.165, 1.54) is 22.8 Å². The molecule has 0 unspecified atom stereocenters. The molecule has 4 rings (SSSR count). The Bertz CT molecular complexity index is 1060. The van der Waals surface area contributed by atoms with Gasteiger partial charge < -0.3 is 9.40 Å². The summed E-state index contributed by atoms with van der Waals surface area (Å²) in [5.74, 6) is 0.668. The second-order valence-corrected chi connectivity index (χ2v) is 8.52. The molecule has 7 nitrogen and oxygen atoms in total. The van der Waals surface area contributed by atoms with Crippen LogP contribution in [0, 0.1) is 0 Å². The molecule has 1 N–H and O–H groups in total. The second kappa shape index (κ2) is 8.79. The van der Waals surface area contributed by atoms with E-state index in [1.807, 2.05) is 36.6 Å². The average Bonchev–Trinajstić information content (AvgIpc) is 3.46. The van der Waals surface area contributed by atoms with Crippen LogP contribution >= 0.6 is 23.1 Å². The highest BCUT2D eigenvalue weighted by Gasteiger charge is 2.34. The van der Waals surface area contributed by atoms with Crippen LogP contribution in [-0.4, -0.2) is 32.3 Å². The van der Waals surface area contributed by atoms with Gasteiger partial charge in [-0.15, -0.1) is 11.3 Å². The molecule has 0 radical (unpaired) electrons. The van der Waals surface area contributed by atoms with Gasteiger partial charge in [0.2, 0.25) is 0 Å². The first kappa shape index (κ1) is 19.7. The molecule has 4 heterocycles. The van der Waals surface area contributed by atoms with Gasteiger partial charge in [-0.3, -0.25) is 9.59 Å². The van der Waals surface area contributed by atoms with Crippen LogP contribution in [0.1, 0.15) is 42.1 Å². The summed E-state index contributed by atoms with van der Waals surface area (Å²) in [4.78, 5) is 33.0. The van der Waals surface area contributed by atoms with Crippen LogP contribution in [0.15, 0.2) is 61.4 Å². The molecule has 29 heavy (non-hydrogen) atoms. The molecule has 0 saturated heterocycles. The molecular weight excluding hydrogens is 408 g/mol. The van der Waals surface area contributed by atoms with Crippen molar-refractivity contribution in [3.63, 3.8) is 0 Å². The number of thiophene rings is 1. The Kier molecular flexibility index (Phi) is 5.96. The van der Waals surface area contributed by atoms with E-state index in [0.29, 0.717) is 17.3 Å². The third-order valence-electron chi connectivity index (χ3n) is 4.45. The molecule has 0 saturated carbocycles. The van der Waals surface area contributed by atoms with E-state index in [4.69, 9.17) is 4.42 Å². The van der Waals surface area contributed by atoms with Gasteiger partial charge in [0.1, 0.15) is 11.5 Å². The van der Waals surface area contributed by atoms with E-state index in [0.717, 1.165) is 29.1 Å². The predicted molar refractivity (Wildman–Crippen MR) is 113 cm³/mol. The normalized spacial score (nSPS) is 16.2. The second-order valence-electron chi connectivity index (χ2n) is 6.58. The quantitative estimate of drug-likeness (QED) is 0.456. The number of furan rings is 1. The predicted octanol–water partition coefficient (Wildman–Crippen LogP) is 3.85. The number of H-pyrrole nitrogens is 1. The van der Waals surface area contributed by atoms with Crippen molar-refractivity contribution in [3.8, 4) is 0 Å². The number of aromatic amines is 1. The molecule has 0 fully saturated rings. The number of hydrogen-bond donors (Lipinski definition) is 1. The van der Waals surface area contributed by atoms with E-state index in [-0.39, 0.29) is 23.3 Å². The molecule has 3 aromatic rings. The summed E-state index contributed by atoms with van der Waals surface area (Å²) in [7, 11) is 0. The van der Waals surface area contributed by atoms with Crippen LogP contribution < -0.4 is 5.56 Å². The Hall–Kier alpha value is -2.65. The third kappa shape index (κ3) is 4.51. The summed E-state index contributed by atoms with van der Waals surface area (Å²) < 4.78 is 5.47. The number of carbonyl (C=O) groups is 1. The maximum atomic E-state index is 13.0. The fourth-order valence-electron chi connectivity index (χ4n) is 3.17. The summed E-state index contributed by atoms with van der Waals surface area (Å²) in [6, 6.07) is 8.99. The summed E-state index contributed by atoms with van der Waals surface area (Å²) in [5, 5.41) is 8.53. The maximum absolute atomic E-state index is 13.0. The van der Waals surface area contributed by atoms with E-state index >= 15 is 0 Å². The third-order valence-corrected chi connectivity index (χ3v) is 6.29. The number of rotatable bonds is 7. The Labute approximate surface area is 175 Å². The van der Waals surface area contributed by atoms with Crippen molar-refractivity contribution in [2.45, 2.75) is 37.4 Å². The van der Waals surface area contributed by atoms with E-state index in [1.54, 1.807) is 17.6 Å². The van der Waals surface area contributed by atoms with Crippen LogP contribution in [0.5, 0.6) is 0 Å². The van der Waals surface area contributed by atoms with Gasteiger partial charge in [-0.05, 0) is 30.0 Å². The van der Waals surface area contributed by atoms with E-state index in [2.05, 4.69) is 15.1 Å². The van der Waals surface area contributed by atoms with E-state index in [9.17, 15) is 9.59 Å². The number of amides is 1. The first-order valence-corrected chi connectivity index (χ1v) is 11.2. The minimum Gasteiger partial charge on any atom is -0.463 e. The van der Waals surface area contributed by atoms with Crippen molar-refractivity contribution >= 4 is 34.7 Å². The minimum atomic E-state index is -0.200. The first-order chi connectivity index (χ1) is 14.1. The lowest BCUT2D eigenvalue weighted by atomic mass is 10.1.